The number of nitrogens with zero attached hydrogens (tertiary/aromatic N) is 3. The SMILES string of the molecule is CC(C)NC(=O)N1CCN(c2ccc(NC(=O)CN(Cc3ccc(F)cc3)C(=O)NC(C)C)cc2)CC1. The summed E-state index contributed by atoms with van der Waals surface area (Å²) < 4.78 is 13.3. The fourth-order valence-electron chi connectivity index (χ4n) is 3.98. The minimum absolute atomic E-state index is 0.0387. The summed E-state index contributed by atoms with van der Waals surface area (Å²) in [4.78, 5) is 43.1. The maximum Gasteiger partial charge on any atom is 0.318 e. The minimum atomic E-state index is -0.369. The van der Waals surface area contributed by atoms with Crippen LogP contribution in [-0.4, -0.2) is 72.6 Å². The van der Waals surface area contributed by atoms with E-state index in [4.69, 9.17) is 0 Å². The molecule has 3 rings (SSSR count). The molecule has 1 aliphatic rings. The lowest BCUT2D eigenvalue weighted by molar-refractivity contribution is -0.116. The molecule has 0 aromatic heterocycles. The van der Waals surface area contributed by atoms with Gasteiger partial charge in [-0.05, 0) is 69.7 Å². The molecule has 1 saturated heterocycles. The molecule has 9 nitrogen and oxygen atoms in total. The number of carbonyl (C=O) groups is 3. The number of nitrogens with one attached hydrogen (secondary N) is 3. The van der Waals surface area contributed by atoms with Crippen molar-refractivity contribution >= 4 is 29.3 Å². The van der Waals surface area contributed by atoms with Gasteiger partial charge in [-0.3, -0.25) is 4.79 Å². The average Bonchev–Trinajstić information content (AvgIpc) is 2.84. The molecule has 0 saturated carbocycles. The molecule has 2 aromatic carbocycles. The largest absolute Gasteiger partial charge is 0.368 e. The van der Waals surface area contributed by atoms with Gasteiger partial charge in [-0.1, -0.05) is 12.1 Å². The van der Waals surface area contributed by atoms with Crippen LogP contribution in [0, 0.1) is 5.82 Å². The first-order valence-corrected chi connectivity index (χ1v) is 12.6. The number of rotatable bonds is 8. The van der Waals surface area contributed by atoms with E-state index in [1.54, 1.807) is 12.1 Å². The van der Waals surface area contributed by atoms with Gasteiger partial charge in [0.1, 0.15) is 12.4 Å². The van der Waals surface area contributed by atoms with Crippen LogP contribution in [0.2, 0.25) is 0 Å². The number of amides is 5. The molecule has 1 fully saturated rings. The second-order valence-corrected chi connectivity index (χ2v) is 9.76. The van der Waals surface area contributed by atoms with E-state index in [1.165, 1.54) is 17.0 Å². The zero-order chi connectivity index (χ0) is 26.9. The van der Waals surface area contributed by atoms with Crippen LogP contribution in [0.25, 0.3) is 0 Å². The molecule has 1 heterocycles. The number of benzene rings is 2. The highest BCUT2D eigenvalue weighted by Crippen LogP contribution is 2.20. The molecule has 37 heavy (non-hydrogen) atoms. The van der Waals surface area contributed by atoms with Crippen molar-refractivity contribution < 1.29 is 18.8 Å². The lowest BCUT2D eigenvalue weighted by Gasteiger charge is -2.36. The third-order valence-electron chi connectivity index (χ3n) is 5.82. The summed E-state index contributed by atoms with van der Waals surface area (Å²) in [5, 5.41) is 8.57. The molecule has 0 aliphatic carbocycles. The molecule has 0 radical (unpaired) electrons. The number of anilines is 2. The first-order chi connectivity index (χ1) is 17.6. The monoisotopic (exact) mass is 512 g/mol. The Morgan fingerprint density at radius 1 is 0.865 bits per heavy atom. The minimum Gasteiger partial charge on any atom is -0.368 e. The van der Waals surface area contributed by atoms with E-state index >= 15 is 0 Å². The van der Waals surface area contributed by atoms with Crippen LogP contribution in [0.3, 0.4) is 0 Å². The molecule has 10 heteroatoms. The van der Waals surface area contributed by atoms with Gasteiger partial charge in [-0.15, -0.1) is 0 Å². The van der Waals surface area contributed by atoms with Crippen molar-refractivity contribution in [2.24, 2.45) is 0 Å². The molecule has 0 spiro atoms. The zero-order valence-corrected chi connectivity index (χ0v) is 22.0. The van der Waals surface area contributed by atoms with Crippen molar-refractivity contribution in [1.82, 2.24) is 20.4 Å². The van der Waals surface area contributed by atoms with Gasteiger partial charge in [-0.25, -0.2) is 14.0 Å². The highest BCUT2D eigenvalue weighted by atomic mass is 19.1. The van der Waals surface area contributed by atoms with E-state index in [1.807, 2.05) is 56.9 Å². The number of hydrogen-bond acceptors (Lipinski definition) is 4. The second kappa shape index (κ2) is 12.9. The smallest absolute Gasteiger partial charge is 0.318 e. The third-order valence-corrected chi connectivity index (χ3v) is 5.82. The van der Waals surface area contributed by atoms with Crippen molar-refractivity contribution in [3.05, 3.63) is 59.9 Å². The molecular weight excluding hydrogens is 475 g/mol. The predicted molar refractivity (Wildman–Crippen MR) is 143 cm³/mol. The quantitative estimate of drug-likeness (QED) is 0.503. The van der Waals surface area contributed by atoms with E-state index in [9.17, 15) is 18.8 Å². The fourth-order valence-corrected chi connectivity index (χ4v) is 3.98. The molecule has 1 aliphatic heterocycles. The number of carbonyl (C=O) groups excluding carboxylic acids is 3. The van der Waals surface area contributed by atoms with Crippen molar-refractivity contribution in [2.75, 3.05) is 42.9 Å². The second-order valence-electron chi connectivity index (χ2n) is 9.76. The van der Waals surface area contributed by atoms with Crippen molar-refractivity contribution in [1.29, 1.82) is 0 Å². The number of urea groups is 2. The Hall–Kier alpha value is -3.82. The van der Waals surface area contributed by atoms with E-state index in [2.05, 4.69) is 20.9 Å². The Morgan fingerprint density at radius 2 is 1.46 bits per heavy atom. The van der Waals surface area contributed by atoms with Gasteiger partial charge in [0.2, 0.25) is 5.91 Å². The van der Waals surface area contributed by atoms with Gasteiger partial charge >= 0.3 is 12.1 Å². The predicted octanol–water partition coefficient (Wildman–Crippen LogP) is 3.62. The van der Waals surface area contributed by atoms with Crippen LogP contribution >= 0.6 is 0 Å². The van der Waals surface area contributed by atoms with Crippen LogP contribution in [0.5, 0.6) is 0 Å². The summed E-state index contributed by atoms with van der Waals surface area (Å²) in [7, 11) is 0. The Bertz CT molecular complexity index is 1050. The van der Waals surface area contributed by atoms with Gasteiger partial charge in [0.15, 0.2) is 0 Å². The number of halogens is 1. The van der Waals surface area contributed by atoms with Gasteiger partial charge in [-0.2, -0.15) is 0 Å². The van der Waals surface area contributed by atoms with Gasteiger partial charge in [0.25, 0.3) is 0 Å². The lowest BCUT2D eigenvalue weighted by Crippen LogP contribution is -2.52. The van der Waals surface area contributed by atoms with E-state index < -0.39 is 0 Å². The first kappa shape index (κ1) is 27.8. The number of hydrogen-bond donors (Lipinski definition) is 3. The molecule has 0 unspecified atom stereocenters. The van der Waals surface area contributed by atoms with Gasteiger partial charge in [0.05, 0.1) is 0 Å². The highest BCUT2D eigenvalue weighted by molar-refractivity contribution is 5.94. The fraction of sp³-hybridized carbons (Fsp3) is 0.444. The summed E-state index contributed by atoms with van der Waals surface area (Å²) >= 11 is 0. The molecule has 200 valence electrons. The standard InChI is InChI=1S/C27H37FN6O3/c1-19(2)29-26(36)33-15-13-32(14-16-33)24-11-9-23(10-12-24)31-25(35)18-34(27(37)30-20(3)4)17-21-5-7-22(28)8-6-21/h5-12,19-20H,13-18H2,1-4H3,(H,29,36)(H,30,37)(H,31,35). The molecular formula is C27H37FN6O3. The summed E-state index contributed by atoms with van der Waals surface area (Å²) in [5.41, 5.74) is 2.35. The Morgan fingerprint density at radius 3 is 2.03 bits per heavy atom. The molecule has 3 N–H and O–H groups in total. The molecule has 0 bridgehead atoms. The Balaban J connectivity index is 1.55. The van der Waals surface area contributed by atoms with Gasteiger partial charge in [0, 0.05) is 56.2 Å². The topological polar surface area (TPSA) is 97.0 Å². The van der Waals surface area contributed by atoms with E-state index in [0.717, 1.165) is 24.3 Å². The Labute approximate surface area is 218 Å². The van der Waals surface area contributed by atoms with Crippen molar-refractivity contribution in [3.8, 4) is 0 Å². The van der Waals surface area contributed by atoms with E-state index in [-0.39, 0.29) is 49.0 Å². The highest BCUT2D eigenvalue weighted by Gasteiger charge is 2.22. The van der Waals surface area contributed by atoms with Crippen LogP contribution in [0.1, 0.15) is 33.3 Å². The van der Waals surface area contributed by atoms with E-state index in [0.29, 0.717) is 18.8 Å². The third kappa shape index (κ3) is 8.66. The maximum atomic E-state index is 13.3. The van der Waals surface area contributed by atoms with Crippen molar-refractivity contribution in [3.63, 3.8) is 0 Å². The normalized spacial score (nSPS) is 13.5. The lowest BCUT2D eigenvalue weighted by atomic mass is 10.2. The van der Waals surface area contributed by atoms with Crippen LogP contribution in [0.15, 0.2) is 48.5 Å². The average molecular weight is 513 g/mol. The zero-order valence-electron chi connectivity index (χ0n) is 22.0. The first-order valence-electron chi connectivity index (χ1n) is 12.6. The van der Waals surface area contributed by atoms with Crippen LogP contribution in [0.4, 0.5) is 25.4 Å². The summed E-state index contributed by atoms with van der Waals surface area (Å²) in [6, 6.07) is 13.0. The molecule has 0 atom stereocenters. The summed E-state index contributed by atoms with van der Waals surface area (Å²) in [6.07, 6.45) is 0. The molecule has 5 amide bonds. The summed E-state index contributed by atoms with van der Waals surface area (Å²) in [6.45, 7) is 10.3. The maximum absolute atomic E-state index is 13.3. The van der Waals surface area contributed by atoms with Crippen molar-refractivity contribution in [2.45, 2.75) is 46.3 Å². The molecule has 2 aromatic rings. The number of piperazine rings is 1. The Kier molecular flexibility index (Phi) is 9.71. The van der Waals surface area contributed by atoms with Gasteiger partial charge < -0.3 is 30.7 Å². The van der Waals surface area contributed by atoms with Crippen LogP contribution in [-0.2, 0) is 11.3 Å². The van der Waals surface area contributed by atoms with Crippen LogP contribution < -0.4 is 20.9 Å². The summed E-state index contributed by atoms with van der Waals surface area (Å²) in [5.74, 6) is -0.694.